The summed E-state index contributed by atoms with van der Waals surface area (Å²) in [4.78, 5) is 53.9. The summed E-state index contributed by atoms with van der Waals surface area (Å²) >= 11 is 0. The molecule has 2 atom stereocenters. The molecule has 0 aliphatic carbocycles. The van der Waals surface area contributed by atoms with Crippen LogP contribution in [0.25, 0.3) is 0 Å². The third-order valence-corrected chi connectivity index (χ3v) is 6.14. The third-order valence-electron chi connectivity index (χ3n) is 6.14. The quantitative estimate of drug-likeness (QED) is 0.212. The van der Waals surface area contributed by atoms with Gasteiger partial charge in [-0.3, -0.25) is 19.7 Å². The summed E-state index contributed by atoms with van der Waals surface area (Å²) in [5.74, 6) is -1.73. The van der Waals surface area contributed by atoms with Gasteiger partial charge >= 0.3 is 12.0 Å². The van der Waals surface area contributed by atoms with Gasteiger partial charge in [-0.2, -0.15) is 0 Å². The van der Waals surface area contributed by atoms with E-state index in [0.717, 1.165) is 0 Å². The number of methoxy groups -OCH3 is 1. The van der Waals surface area contributed by atoms with Crippen molar-refractivity contribution in [2.24, 2.45) is 5.92 Å². The summed E-state index contributed by atoms with van der Waals surface area (Å²) in [5.41, 5.74) is 1.74. The number of aliphatic carboxylic acids is 1. The number of nitrogens with one attached hydrogen (secondary N) is 4. The molecule has 0 saturated carbocycles. The number of carbonyl (C=O) groups is 4. The molecule has 2 aromatic carbocycles. The fourth-order valence-electron chi connectivity index (χ4n) is 4.06. The second-order valence-corrected chi connectivity index (χ2v) is 9.83. The lowest BCUT2D eigenvalue weighted by Crippen LogP contribution is -2.49. The maximum atomic E-state index is 13.0. The minimum Gasteiger partial charge on any atom is -0.497 e. The van der Waals surface area contributed by atoms with Gasteiger partial charge in [0.1, 0.15) is 17.6 Å². The van der Waals surface area contributed by atoms with Crippen molar-refractivity contribution in [1.82, 2.24) is 15.6 Å². The second-order valence-electron chi connectivity index (χ2n) is 9.83. The van der Waals surface area contributed by atoms with E-state index >= 15 is 0 Å². The zero-order valence-corrected chi connectivity index (χ0v) is 23.2. The molecule has 0 bridgehead atoms. The summed E-state index contributed by atoms with van der Waals surface area (Å²) in [6.45, 7) is 3.73. The van der Waals surface area contributed by atoms with E-state index in [1.54, 1.807) is 72.9 Å². The van der Waals surface area contributed by atoms with Gasteiger partial charge in [-0.1, -0.05) is 44.2 Å². The largest absolute Gasteiger partial charge is 0.497 e. The Morgan fingerprint density at radius 3 is 2.22 bits per heavy atom. The van der Waals surface area contributed by atoms with Gasteiger partial charge in [-0.05, 0) is 59.9 Å². The summed E-state index contributed by atoms with van der Waals surface area (Å²) in [7, 11) is 1.52. The van der Waals surface area contributed by atoms with E-state index in [2.05, 4.69) is 26.3 Å². The fourth-order valence-corrected chi connectivity index (χ4v) is 4.06. The molecule has 0 aliphatic rings. The predicted molar refractivity (Wildman–Crippen MR) is 155 cm³/mol. The van der Waals surface area contributed by atoms with Crippen molar-refractivity contribution in [3.05, 3.63) is 84.1 Å². The van der Waals surface area contributed by atoms with Gasteiger partial charge in [0.05, 0.1) is 19.4 Å². The van der Waals surface area contributed by atoms with Crippen molar-refractivity contribution in [3.8, 4) is 5.75 Å². The van der Waals surface area contributed by atoms with Crippen molar-refractivity contribution in [2.75, 3.05) is 24.3 Å². The number of hydrogen-bond donors (Lipinski definition) is 5. The molecule has 11 nitrogen and oxygen atoms in total. The number of hydrogen-bond acceptors (Lipinski definition) is 6. The van der Waals surface area contributed by atoms with Crippen LogP contribution in [0.5, 0.6) is 5.75 Å². The number of aromatic nitrogens is 1. The third kappa shape index (κ3) is 9.95. The maximum Gasteiger partial charge on any atom is 0.324 e. The molecule has 3 rings (SSSR count). The Morgan fingerprint density at radius 1 is 0.927 bits per heavy atom. The highest BCUT2D eigenvalue weighted by Crippen LogP contribution is 2.20. The minimum absolute atomic E-state index is 0.0197. The maximum absolute atomic E-state index is 13.0. The predicted octanol–water partition coefficient (Wildman–Crippen LogP) is 3.79. The van der Waals surface area contributed by atoms with Crippen LogP contribution in [0.15, 0.2) is 72.9 Å². The summed E-state index contributed by atoms with van der Waals surface area (Å²) in [6.07, 6.45) is 1.97. The molecule has 1 aromatic heterocycles. The van der Waals surface area contributed by atoms with E-state index in [-0.39, 0.29) is 24.8 Å². The number of carbonyl (C=O) groups excluding carboxylic acids is 3. The zero-order valence-electron chi connectivity index (χ0n) is 23.2. The van der Waals surface area contributed by atoms with E-state index < -0.39 is 29.9 Å². The first-order valence-electron chi connectivity index (χ1n) is 13.2. The number of urea groups is 1. The van der Waals surface area contributed by atoms with Gasteiger partial charge in [-0.25, -0.2) is 9.78 Å². The summed E-state index contributed by atoms with van der Waals surface area (Å²) in [5, 5.41) is 20.5. The average molecular weight is 562 g/mol. The normalized spacial score (nSPS) is 12.1. The van der Waals surface area contributed by atoms with Gasteiger partial charge in [0.25, 0.3) is 0 Å². The van der Waals surface area contributed by atoms with Crippen molar-refractivity contribution in [1.29, 1.82) is 0 Å². The SMILES string of the molecule is COc1ccc(C(CNC(=O)[C@H](CC(C)C)NC(=O)Cc2ccc(NC(=O)Nc3ccccn3)cc2)C(=O)O)cc1. The molecule has 3 aromatic rings. The number of anilines is 2. The number of rotatable bonds is 13. The Kier molecular flexibility index (Phi) is 11.2. The molecule has 5 N–H and O–H groups in total. The van der Waals surface area contributed by atoms with Crippen molar-refractivity contribution < 1.29 is 29.0 Å². The number of nitrogens with zero attached hydrogens (tertiary/aromatic N) is 1. The molecule has 1 unspecified atom stereocenters. The molecule has 4 amide bonds. The van der Waals surface area contributed by atoms with E-state index in [1.807, 2.05) is 13.8 Å². The Morgan fingerprint density at radius 2 is 1.63 bits per heavy atom. The zero-order chi connectivity index (χ0) is 29.8. The van der Waals surface area contributed by atoms with Crippen LogP contribution in [0.3, 0.4) is 0 Å². The van der Waals surface area contributed by atoms with E-state index in [9.17, 15) is 24.3 Å². The molecule has 0 saturated heterocycles. The van der Waals surface area contributed by atoms with Crippen LogP contribution in [0.1, 0.15) is 37.3 Å². The first-order chi connectivity index (χ1) is 19.6. The van der Waals surface area contributed by atoms with Crippen LogP contribution in [-0.4, -0.2) is 53.6 Å². The van der Waals surface area contributed by atoms with Crippen LogP contribution >= 0.6 is 0 Å². The molecule has 0 fully saturated rings. The number of carboxylic acids is 1. The van der Waals surface area contributed by atoms with E-state index in [0.29, 0.717) is 34.8 Å². The van der Waals surface area contributed by atoms with Crippen molar-refractivity contribution in [3.63, 3.8) is 0 Å². The Hall–Kier alpha value is -4.93. The van der Waals surface area contributed by atoms with Crippen LogP contribution < -0.4 is 26.0 Å². The molecular formula is C30H35N5O6. The number of amides is 4. The van der Waals surface area contributed by atoms with Crippen molar-refractivity contribution in [2.45, 2.75) is 38.6 Å². The van der Waals surface area contributed by atoms with Gasteiger partial charge < -0.3 is 25.8 Å². The Bertz CT molecular complexity index is 1310. The number of pyridine rings is 1. The molecule has 1 heterocycles. The van der Waals surface area contributed by atoms with Gasteiger partial charge in [0, 0.05) is 18.4 Å². The second kappa shape index (κ2) is 15.0. The number of carboxylic acid groups (broad SMARTS) is 1. The van der Waals surface area contributed by atoms with Gasteiger partial charge in [0.15, 0.2) is 0 Å². The summed E-state index contributed by atoms with van der Waals surface area (Å²) < 4.78 is 5.12. The Labute approximate surface area is 238 Å². The van der Waals surface area contributed by atoms with Gasteiger partial charge in [-0.15, -0.1) is 0 Å². The standard InChI is InChI=1S/C30H35N5O6/c1-19(2)16-25(28(37)32-18-24(29(38)39)21-9-13-23(41-3)14-10-21)34-27(36)17-20-7-11-22(12-8-20)33-30(40)35-26-6-4-5-15-31-26/h4-15,19,24-25H,16-18H2,1-3H3,(H,32,37)(H,34,36)(H,38,39)(H2,31,33,35,40)/t24?,25-/m0/s1. The molecule has 0 aliphatic heterocycles. The number of benzene rings is 2. The fraction of sp³-hybridized carbons (Fsp3) is 0.300. The van der Waals surface area contributed by atoms with E-state index in [1.165, 1.54) is 7.11 Å². The molecule has 41 heavy (non-hydrogen) atoms. The number of ether oxygens (including phenoxy) is 1. The molecular weight excluding hydrogens is 526 g/mol. The topological polar surface area (TPSA) is 159 Å². The Balaban J connectivity index is 1.55. The lowest BCUT2D eigenvalue weighted by molar-refractivity contribution is -0.139. The van der Waals surface area contributed by atoms with Gasteiger partial charge in [0.2, 0.25) is 11.8 Å². The van der Waals surface area contributed by atoms with E-state index in [4.69, 9.17) is 4.74 Å². The summed E-state index contributed by atoms with van der Waals surface area (Å²) in [6, 6.07) is 17.3. The monoisotopic (exact) mass is 561 g/mol. The molecule has 0 spiro atoms. The van der Waals surface area contributed by atoms with Crippen molar-refractivity contribution >= 4 is 35.3 Å². The van der Waals surface area contributed by atoms with Crippen LogP contribution in [0.4, 0.5) is 16.3 Å². The lowest BCUT2D eigenvalue weighted by Gasteiger charge is -2.22. The lowest BCUT2D eigenvalue weighted by atomic mass is 9.98. The molecule has 11 heteroatoms. The first kappa shape index (κ1) is 30.6. The highest BCUT2D eigenvalue weighted by molar-refractivity contribution is 5.99. The molecule has 216 valence electrons. The minimum atomic E-state index is -1.08. The first-order valence-corrected chi connectivity index (χ1v) is 13.2. The highest BCUT2D eigenvalue weighted by Gasteiger charge is 2.25. The smallest absolute Gasteiger partial charge is 0.324 e. The van der Waals surface area contributed by atoms with Crippen LogP contribution in [0.2, 0.25) is 0 Å². The molecule has 0 radical (unpaired) electrons. The van der Waals surface area contributed by atoms with Crippen LogP contribution in [0, 0.1) is 5.92 Å². The average Bonchev–Trinajstić information content (AvgIpc) is 2.94. The highest BCUT2D eigenvalue weighted by atomic mass is 16.5. The van der Waals surface area contributed by atoms with Crippen LogP contribution in [-0.2, 0) is 20.8 Å².